The Hall–Kier alpha value is -1.61. The van der Waals surface area contributed by atoms with E-state index in [2.05, 4.69) is 52.5 Å². The van der Waals surface area contributed by atoms with Crippen LogP contribution in [0.5, 0.6) is 0 Å². The number of hydrogen-bond acceptors (Lipinski definition) is 2. The Labute approximate surface area is 114 Å². The van der Waals surface area contributed by atoms with E-state index < -0.39 is 0 Å². The van der Waals surface area contributed by atoms with E-state index in [1.54, 1.807) is 0 Å². The highest BCUT2D eigenvalue weighted by molar-refractivity contribution is 5.36. The second kappa shape index (κ2) is 5.57. The summed E-state index contributed by atoms with van der Waals surface area (Å²) in [4.78, 5) is 0. The molecule has 19 heavy (non-hydrogen) atoms. The highest BCUT2D eigenvalue weighted by atomic mass is 15.3. The van der Waals surface area contributed by atoms with Crippen LogP contribution in [0.15, 0.2) is 36.5 Å². The fraction of sp³-hybridized carbons (Fsp3) is 0.438. The van der Waals surface area contributed by atoms with Crippen molar-refractivity contribution in [3.8, 4) is 5.69 Å². The molecule has 1 aliphatic heterocycles. The van der Waals surface area contributed by atoms with Crippen LogP contribution in [-0.2, 0) is 6.42 Å². The summed E-state index contributed by atoms with van der Waals surface area (Å²) < 4.78 is 2.11. The van der Waals surface area contributed by atoms with Crippen molar-refractivity contribution in [2.45, 2.75) is 38.6 Å². The van der Waals surface area contributed by atoms with Crippen molar-refractivity contribution in [2.24, 2.45) is 0 Å². The van der Waals surface area contributed by atoms with Gasteiger partial charge in [-0.15, -0.1) is 0 Å². The highest BCUT2D eigenvalue weighted by Gasteiger charge is 2.22. The first-order valence-corrected chi connectivity index (χ1v) is 7.25. The molecule has 0 saturated carbocycles. The summed E-state index contributed by atoms with van der Waals surface area (Å²) in [5, 5.41) is 8.21. The van der Waals surface area contributed by atoms with Crippen molar-refractivity contribution in [1.29, 1.82) is 0 Å². The Bertz CT molecular complexity index is 524. The molecule has 0 spiro atoms. The van der Waals surface area contributed by atoms with E-state index in [9.17, 15) is 0 Å². The lowest BCUT2D eigenvalue weighted by Crippen LogP contribution is -2.14. The number of nitrogens with one attached hydrogen (secondary N) is 1. The maximum Gasteiger partial charge on any atom is 0.0648 e. The van der Waals surface area contributed by atoms with Gasteiger partial charge in [-0.25, -0.2) is 4.68 Å². The zero-order valence-electron chi connectivity index (χ0n) is 11.5. The minimum Gasteiger partial charge on any atom is -0.310 e. The first kappa shape index (κ1) is 12.4. The Morgan fingerprint density at radius 1 is 1.32 bits per heavy atom. The fourth-order valence-corrected chi connectivity index (χ4v) is 2.91. The number of aromatic nitrogens is 2. The molecule has 1 aromatic carbocycles. The van der Waals surface area contributed by atoms with Crippen LogP contribution >= 0.6 is 0 Å². The third-order valence-electron chi connectivity index (χ3n) is 3.82. The lowest BCUT2D eigenvalue weighted by Gasteiger charge is -2.13. The molecular weight excluding hydrogens is 234 g/mol. The van der Waals surface area contributed by atoms with Crippen LogP contribution in [0.3, 0.4) is 0 Å². The second-order valence-electron chi connectivity index (χ2n) is 5.19. The Balaban J connectivity index is 2.00. The Morgan fingerprint density at radius 3 is 2.84 bits per heavy atom. The van der Waals surface area contributed by atoms with Crippen LogP contribution in [-0.4, -0.2) is 16.3 Å². The average molecular weight is 255 g/mol. The van der Waals surface area contributed by atoms with Crippen molar-refractivity contribution < 1.29 is 0 Å². The number of rotatable bonds is 4. The Morgan fingerprint density at radius 2 is 2.16 bits per heavy atom. The van der Waals surface area contributed by atoms with Crippen LogP contribution < -0.4 is 5.32 Å². The summed E-state index contributed by atoms with van der Waals surface area (Å²) in [6.45, 7) is 3.36. The van der Waals surface area contributed by atoms with Crippen molar-refractivity contribution >= 4 is 0 Å². The fourth-order valence-electron chi connectivity index (χ4n) is 2.91. The van der Waals surface area contributed by atoms with Gasteiger partial charge in [0.2, 0.25) is 0 Å². The molecule has 3 nitrogen and oxygen atoms in total. The standard InChI is InChI=1S/C16H21N3/c1-2-7-16-14(15-10-6-11-17-15)12-18-19(16)13-8-4-3-5-9-13/h3-5,8-9,12,15,17H,2,6-7,10-11H2,1H3. The molecule has 0 amide bonds. The lowest BCUT2D eigenvalue weighted by atomic mass is 10.0. The molecule has 1 unspecified atom stereocenters. The molecule has 0 bridgehead atoms. The topological polar surface area (TPSA) is 29.9 Å². The zero-order valence-corrected chi connectivity index (χ0v) is 11.5. The van der Waals surface area contributed by atoms with Gasteiger partial charge in [0.15, 0.2) is 0 Å². The van der Waals surface area contributed by atoms with Crippen LogP contribution in [0.1, 0.15) is 43.5 Å². The van der Waals surface area contributed by atoms with Gasteiger partial charge in [0, 0.05) is 17.3 Å². The zero-order chi connectivity index (χ0) is 13.1. The molecular formula is C16H21N3. The van der Waals surface area contributed by atoms with Crippen molar-refractivity contribution in [3.05, 3.63) is 47.8 Å². The summed E-state index contributed by atoms with van der Waals surface area (Å²) in [6, 6.07) is 10.9. The molecule has 0 radical (unpaired) electrons. The molecule has 1 N–H and O–H groups in total. The Kier molecular flexibility index (Phi) is 3.65. The van der Waals surface area contributed by atoms with E-state index in [1.165, 1.54) is 24.1 Å². The van der Waals surface area contributed by atoms with Gasteiger partial charge in [-0.1, -0.05) is 31.5 Å². The third-order valence-corrected chi connectivity index (χ3v) is 3.82. The molecule has 3 rings (SSSR count). The smallest absolute Gasteiger partial charge is 0.0648 e. The van der Waals surface area contributed by atoms with Gasteiger partial charge >= 0.3 is 0 Å². The van der Waals surface area contributed by atoms with E-state index in [1.807, 2.05) is 6.07 Å². The summed E-state index contributed by atoms with van der Waals surface area (Å²) in [7, 11) is 0. The minimum absolute atomic E-state index is 0.499. The SMILES string of the molecule is CCCc1c(C2CCCN2)cnn1-c1ccccc1. The first-order valence-electron chi connectivity index (χ1n) is 7.25. The van der Waals surface area contributed by atoms with Crippen LogP contribution in [0.25, 0.3) is 5.69 Å². The maximum absolute atomic E-state index is 4.63. The van der Waals surface area contributed by atoms with Crippen molar-refractivity contribution in [2.75, 3.05) is 6.54 Å². The molecule has 1 aromatic heterocycles. The summed E-state index contributed by atoms with van der Waals surface area (Å²) >= 11 is 0. The molecule has 1 aliphatic rings. The number of para-hydroxylation sites is 1. The average Bonchev–Trinajstić information content (AvgIpc) is 3.09. The molecule has 100 valence electrons. The van der Waals surface area contributed by atoms with Crippen LogP contribution in [0.4, 0.5) is 0 Å². The maximum atomic E-state index is 4.63. The monoisotopic (exact) mass is 255 g/mol. The quantitative estimate of drug-likeness (QED) is 0.909. The molecule has 1 atom stereocenters. The summed E-state index contributed by atoms with van der Waals surface area (Å²) in [5.74, 6) is 0. The lowest BCUT2D eigenvalue weighted by molar-refractivity contribution is 0.634. The van der Waals surface area contributed by atoms with E-state index in [0.29, 0.717) is 6.04 Å². The minimum atomic E-state index is 0.499. The highest BCUT2D eigenvalue weighted by Crippen LogP contribution is 2.28. The molecule has 0 aliphatic carbocycles. The molecule has 1 fully saturated rings. The van der Waals surface area contributed by atoms with E-state index in [0.717, 1.165) is 25.1 Å². The largest absolute Gasteiger partial charge is 0.310 e. The summed E-state index contributed by atoms with van der Waals surface area (Å²) in [6.07, 6.45) is 6.80. The van der Waals surface area contributed by atoms with Gasteiger partial charge in [-0.2, -0.15) is 5.10 Å². The van der Waals surface area contributed by atoms with Crippen LogP contribution in [0, 0.1) is 0 Å². The van der Waals surface area contributed by atoms with Gasteiger partial charge in [0.25, 0.3) is 0 Å². The number of benzene rings is 1. The second-order valence-corrected chi connectivity index (χ2v) is 5.19. The van der Waals surface area contributed by atoms with E-state index in [-0.39, 0.29) is 0 Å². The normalized spacial score (nSPS) is 18.9. The molecule has 1 saturated heterocycles. The summed E-state index contributed by atoms with van der Waals surface area (Å²) in [5.41, 5.74) is 3.92. The van der Waals surface area contributed by atoms with Crippen molar-refractivity contribution in [1.82, 2.24) is 15.1 Å². The van der Waals surface area contributed by atoms with Gasteiger partial charge in [0.05, 0.1) is 11.9 Å². The van der Waals surface area contributed by atoms with E-state index in [4.69, 9.17) is 0 Å². The van der Waals surface area contributed by atoms with Gasteiger partial charge in [-0.05, 0) is 37.9 Å². The predicted octanol–water partition coefficient (Wildman–Crippen LogP) is 3.25. The molecule has 3 heteroatoms. The van der Waals surface area contributed by atoms with Gasteiger partial charge in [-0.3, -0.25) is 0 Å². The number of hydrogen-bond donors (Lipinski definition) is 1. The van der Waals surface area contributed by atoms with E-state index >= 15 is 0 Å². The van der Waals surface area contributed by atoms with Crippen LogP contribution in [0.2, 0.25) is 0 Å². The molecule has 2 aromatic rings. The van der Waals surface area contributed by atoms with Gasteiger partial charge in [0.1, 0.15) is 0 Å². The predicted molar refractivity (Wildman–Crippen MR) is 77.5 cm³/mol. The molecule has 2 heterocycles. The van der Waals surface area contributed by atoms with Gasteiger partial charge < -0.3 is 5.32 Å². The number of nitrogens with zero attached hydrogens (tertiary/aromatic N) is 2. The third kappa shape index (κ3) is 2.43. The first-order chi connectivity index (χ1) is 9.40. The van der Waals surface area contributed by atoms with Crippen molar-refractivity contribution in [3.63, 3.8) is 0 Å².